The number of carbonyl (C=O) groups excluding carboxylic acids is 3. The maximum absolute atomic E-state index is 12.6. The van der Waals surface area contributed by atoms with Crippen molar-refractivity contribution in [3.05, 3.63) is 93.4 Å². The summed E-state index contributed by atoms with van der Waals surface area (Å²) < 4.78 is 10.1. The molecule has 2 aromatic carbocycles. The van der Waals surface area contributed by atoms with Gasteiger partial charge in [0, 0.05) is 24.0 Å². The van der Waals surface area contributed by atoms with Crippen LogP contribution in [-0.4, -0.2) is 32.1 Å². The SMILES string of the molecule is CC.COC1=C(OC)C(=O)C(Cc2ccc(CCC=O)cc2)=C(C)C1=O.Cc1ccc(C(C)C)cc1. The lowest BCUT2D eigenvalue weighted by molar-refractivity contribution is -0.121. The number of hydrogen-bond acceptors (Lipinski definition) is 5. The van der Waals surface area contributed by atoms with E-state index in [4.69, 9.17) is 9.47 Å². The quantitative estimate of drug-likeness (QED) is 0.312. The highest BCUT2D eigenvalue weighted by Crippen LogP contribution is 2.28. The molecule has 3 rings (SSSR count). The fourth-order valence-electron chi connectivity index (χ4n) is 3.61. The minimum Gasteiger partial charge on any atom is -0.489 e. The van der Waals surface area contributed by atoms with Gasteiger partial charge in [-0.05, 0) is 42.9 Å². The van der Waals surface area contributed by atoms with E-state index in [1.807, 2.05) is 38.1 Å². The minimum absolute atomic E-state index is 0.0482. The van der Waals surface area contributed by atoms with Gasteiger partial charge in [-0.3, -0.25) is 9.59 Å². The van der Waals surface area contributed by atoms with Gasteiger partial charge in [0.2, 0.25) is 23.1 Å². The lowest BCUT2D eigenvalue weighted by atomic mass is 9.88. The molecule has 194 valence electrons. The zero-order valence-electron chi connectivity index (χ0n) is 22.9. The van der Waals surface area contributed by atoms with Crippen molar-refractivity contribution in [3.8, 4) is 0 Å². The van der Waals surface area contributed by atoms with Crippen LogP contribution in [-0.2, 0) is 36.7 Å². The molecule has 5 heteroatoms. The van der Waals surface area contributed by atoms with Crippen LogP contribution in [0.4, 0.5) is 0 Å². The number of benzene rings is 2. The van der Waals surface area contributed by atoms with Crippen molar-refractivity contribution in [2.24, 2.45) is 0 Å². The highest BCUT2D eigenvalue weighted by atomic mass is 16.5. The average Bonchev–Trinajstić information content (AvgIpc) is 2.89. The fourth-order valence-corrected chi connectivity index (χ4v) is 3.61. The molecule has 0 amide bonds. The van der Waals surface area contributed by atoms with Crippen molar-refractivity contribution in [1.82, 2.24) is 0 Å². The van der Waals surface area contributed by atoms with Crippen LogP contribution in [0.15, 0.2) is 71.2 Å². The van der Waals surface area contributed by atoms with E-state index in [9.17, 15) is 14.4 Å². The number of aldehydes is 1. The van der Waals surface area contributed by atoms with E-state index in [0.29, 0.717) is 36.3 Å². The van der Waals surface area contributed by atoms with Gasteiger partial charge in [0.15, 0.2) is 0 Å². The van der Waals surface area contributed by atoms with Crippen LogP contribution in [0.25, 0.3) is 0 Å². The molecule has 0 aromatic heterocycles. The number of methoxy groups -OCH3 is 2. The van der Waals surface area contributed by atoms with Crippen molar-refractivity contribution in [1.29, 1.82) is 0 Å². The number of rotatable bonds is 8. The van der Waals surface area contributed by atoms with E-state index in [0.717, 1.165) is 17.4 Å². The van der Waals surface area contributed by atoms with Gasteiger partial charge in [0.25, 0.3) is 0 Å². The van der Waals surface area contributed by atoms with Gasteiger partial charge in [0.1, 0.15) is 6.29 Å². The molecule has 0 N–H and O–H groups in total. The molecule has 0 fully saturated rings. The number of carbonyl (C=O) groups is 3. The molecule has 36 heavy (non-hydrogen) atoms. The smallest absolute Gasteiger partial charge is 0.228 e. The Morgan fingerprint density at radius 1 is 0.778 bits per heavy atom. The van der Waals surface area contributed by atoms with E-state index in [-0.39, 0.29) is 23.1 Å². The van der Waals surface area contributed by atoms with Gasteiger partial charge in [0.05, 0.1) is 14.2 Å². The second-order valence-corrected chi connectivity index (χ2v) is 8.59. The third-order valence-electron chi connectivity index (χ3n) is 5.79. The van der Waals surface area contributed by atoms with Crippen molar-refractivity contribution in [2.45, 2.75) is 66.7 Å². The van der Waals surface area contributed by atoms with E-state index >= 15 is 0 Å². The number of allylic oxidation sites excluding steroid dienone is 2. The summed E-state index contributed by atoms with van der Waals surface area (Å²) in [5.74, 6) is -0.0951. The molecule has 2 aromatic rings. The molecule has 0 heterocycles. The Balaban J connectivity index is 0.000000450. The van der Waals surface area contributed by atoms with Crippen molar-refractivity contribution in [2.75, 3.05) is 14.2 Å². The third kappa shape index (κ3) is 8.33. The number of aryl methyl sites for hydroxylation is 2. The standard InChI is InChI=1S/C19H20O5.C10H14.C2H6/c1-12-15(17(22)19(24-3)18(23-2)16(12)21)11-14-8-6-13(7-9-14)5-4-10-20;1-8(2)10-6-4-9(3)5-7-10;1-2/h6-10H,4-5,11H2,1-3H3;4-8H,1-3H3;1-2H3. The maximum Gasteiger partial charge on any atom is 0.228 e. The monoisotopic (exact) mass is 492 g/mol. The zero-order chi connectivity index (χ0) is 27.3. The fraction of sp³-hybridized carbons (Fsp3) is 0.387. The predicted octanol–water partition coefficient (Wildman–Crippen LogP) is 6.48. The van der Waals surface area contributed by atoms with E-state index < -0.39 is 0 Å². The first-order chi connectivity index (χ1) is 17.2. The van der Waals surface area contributed by atoms with Crippen LogP contribution in [0, 0.1) is 6.92 Å². The zero-order valence-corrected chi connectivity index (χ0v) is 22.9. The Morgan fingerprint density at radius 3 is 1.75 bits per heavy atom. The topological polar surface area (TPSA) is 69.7 Å². The lowest BCUT2D eigenvalue weighted by Crippen LogP contribution is -2.26. The molecular formula is C31H40O5. The Bertz CT molecular complexity index is 1070. The molecule has 0 unspecified atom stereocenters. The molecule has 0 bridgehead atoms. The molecule has 5 nitrogen and oxygen atoms in total. The number of ether oxygens (including phenoxy) is 2. The molecule has 0 saturated heterocycles. The van der Waals surface area contributed by atoms with Crippen molar-refractivity contribution in [3.63, 3.8) is 0 Å². The minimum atomic E-state index is -0.327. The van der Waals surface area contributed by atoms with Gasteiger partial charge < -0.3 is 14.3 Å². The van der Waals surface area contributed by atoms with Crippen molar-refractivity contribution >= 4 is 17.9 Å². The normalized spacial score (nSPS) is 13.0. The van der Waals surface area contributed by atoms with Gasteiger partial charge in [-0.25, -0.2) is 0 Å². The number of Topliss-reactive ketones (excluding diaryl/α,β-unsaturated/α-hetero) is 2. The van der Waals surface area contributed by atoms with Gasteiger partial charge >= 0.3 is 0 Å². The summed E-state index contributed by atoms with van der Waals surface area (Å²) in [5.41, 5.74) is 5.52. The predicted molar refractivity (Wildman–Crippen MR) is 145 cm³/mol. The largest absolute Gasteiger partial charge is 0.489 e. The Kier molecular flexibility index (Phi) is 13.2. The maximum atomic E-state index is 12.6. The first-order valence-electron chi connectivity index (χ1n) is 12.4. The molecule has 0 aliphatic heterocycles. The first kappa shape index (κ1) is 30.6. The number of hydrogen-bond donors (Lipinski definition) is 0. The molecule has 0 atom stereocenters. The molecule has 0 spiro atoms. The molecule has 1 aliphatic carbocycles. The third-order valence-corrected chi connectivity index (χ3v) is 5.79. The molecule has 0 saturated carbocycles. The molecule has 1 aliphatic rings. The van der Waals surface area contributed by atoms with Crippen molar-refractivity contribution < 1.29 is 23.9 Å². The Morgan fingerprint density at radius 2 is 1.28 bits per heavy atom. The van der Waals surface area contributed by atoms with E-state index in [1.165, 1.54) is 25.3 Å². The average molecular weight is 493 g/mol. The summed E-state index contributed by atoms with van der Waals surface area (Å²) in [7, 11) is 2.69. The Labute approximate surface area is 216 Å². The highest BCUT2D eigenvalue weighted by Gasteiger charge is 2.34. The van der Waals surface area contributed by atoms with Crippen LogP contribution in [0.2, 0.25) is 0 Å². The highest BCUT2D eigenvalue weighted by molar-refractivity contribution is 6.23. The second-order valence-electron chi connectivity index (χ2n) is 8.59. The van der Waals surface area contributed by atoms with Crippen LogP contribution in [0.1, 0.15) is 69.2 Å². The summed E-state index contributed by atoms with van der Waals surface area (Å²) in [5, 5.41) is 0. The van der Waals surface area contributed by atoms with Gasteiger partial charge in [-0.2, -0.15) is 0 Å². The van der Waals surface area contributed by atoms with Crippen LogP contribution >= 0.6 is 0 Å². The van der Waals surface area contributed by atoms with E-state index in [2.05, 4.69) is 45.0 Å². The lowest BCUT2D eigenvalue weighted by Gasteiger charge is -2.20. The molecule has 0 radical (unpaired) electrons. The van der Waals surface area contributed by atoms with E-state index in [1.54, 1.807) is 6.92 Å². The van der Waals surface area contributed by atoms with Crippen LogP contribution in [0.3, 0.4) is 0 Å². The summed E-state index contributed by atoms with van der Waals surface area (Å²) in [6, 6.07) is 16.4. The van der Waals surface area contributed by atoms with Crippen LogP contribution < -0.4 is 0 Å². The Hall–Kier alpha value is -3.47. The summed E-state index contributed by atoms with van der Waals surface area (Å²) in [6.07, 6.45) is 2.41. The molecular weight excluding hydrogens is 452 g/mol. The summed E-state index contributed by atoms with van der Waals surface area (Å²) in [4.78, 5) is 35.3. The van der Waals surface area contributed by atoms with Gasteiger partial charge in [-0.15, -0.1) is 0 Å². The summed E-state index contributed by atoms with van der Waals surface area (Å²) >= 11 is 0. The van der Waals surface area contributed by atoms with Gasteiger partial charge in [-0.1, -0.05) is 81.8 Å². The van der Waals surface area contributed by atoms with Crippen LogP contribution in [0.5, 0.6) is 0 Å². The first-order valence-corrected chi connectivity index (χ1v) is 12.4. The second kappa shape index (κ2) is 15.5. The summed E-state index contributed by atoms with van der Waals surface area (Å²) in [6.45, 7) is 12.2. The number of ketones is 2.